The van der Waals surface area contributed by atoms with Crippen molar-refractivity contribution >= 4 is 0 Å². The largest absolute Gasteiger partial charge is 0.463 e. The van der Waals surface area contributed by atoms with Crippen molar-refractivity contribution in [3.63, 3.8) is 0 Å². The van der Waals surface area contributed by atoms with E-state index in [4.69, 9.17) is 4.74 Å². The van der Waals surface area contributed by atoms with Gasteiger partial charge in [-0.3, -0.25) is 0 Å². The predicted octanol–water partition coefficient (Wildman–Crippen LogP) is 3.20. The summed E-state index contributed by atoms with van der Waals surface area (Å²) in [5.74, 6) is 1.93. The van der Waals surface area contributed by atoms with Crippen LogP contribution in [0.4, 0.5) is 0 Å². The van der Waals surface area contributed by atoms with Crippen molar-refractivity contribution in [3.05, 3.63) is 36.4 Å². The zero-order valence-corrected chi connectivity index (χ0v) is 9.68. The summed E-state index contributed by atoms with van der Waals surface area (Å²) >= 11 is 0. The molecular weight excluding hydrogens is 174 g/mol. The van der Waals surface area contributed by atoms with E-state index in [1.807, 2.05) is 20.2 Å². The third-order valence-electron chi connectivity index (χ3n) is 1.60. The third-order valence-corrected chi connectivity index (χ3v) is 1.60. The van der Waals surface area contributed by atoms with Crippen LogP contribution in [0.5, 0.6) is 0 Å². The lowest BCUT2D eigenvalue weighted by molar-refractivity contribution is 0.315. The van der Waals surface area contributed by atoms with Crippen LogP contribution in [0.25, 0.3) is 0 Å². The summed E-state index contributed by atoms with van der Waals surface area (Å²) in [6.07, 6.45) is 2.87. The van der Waals surface area contributed by atoms with Gasteiger partial charge in [0.05, 0.1) is 5.76 Å². The Balaban J connectivity index is 4.42. The SMILES string of the molecule is C=C(C)OC(=C)/C(=C\NC)CC(C)C. The topological polar surface area (TPSA) is 21.3 Å². The molecule has 0 aliphatic heterocycles. The molecule has 0 atom stereocenters. The van der Waals surface area contributed by atoms with E-state index in [2.05, 4.69) is 32.3 Å². The molecule has 0 aromatic rings. The Morgan fingerprint density at radius 3 is 2.36 bits per heavy atom. The van der Waals surface area contributed by atoms with Crippen LogP contribution in [0.3, 0.4) is 0 Å². The summed E-state index contributed by atoms with van der Waals surface area (Å²) in [5.41, 5.74) is 1.09. The highest BCUT2D eigenvalue weighted by Gasteiger charge is 2.06. The number of nitrogens with one attached hydrogen (secondary N) is 1. The van der Waals surface area contributed by atoms with E-state index in [-0.39, 0.29) is 0 Å². The van der Waals surface area contributed by atoms with Crippen LogP contribution in [0.15, 0.2) is 36.4 Å². The molecular formula is C12H21NO. The minimum Gasteiger partial charge on any atom is -0.463 e. The van der Waals surface area contributed by atoms with E-state index in [1.54, 1.807) is 0 Å². The second-order valence-electron chi connectivity index (χ2n) is 3.78. The van der Waals surface area contributed by atoms with Gasteiger partial charge in [0, 0.05) is 18.8 Å². The van der Waals surface area contributed by atoms with Crippen molar-refractivity contribution in [1.29, 1.82) is 0 Å². The van der Waals surface area contributed by atoms with Crippen molar-refractivity contribution < 1.29 is 4.74 Å². The van der Waals surface area contributed by atoms with Gasteiger partial charge in [-0.2, -0.15) is 0 Å². The molecule has 80 valence electrons. The summed E-state index contributed by atoms with van der Waals surface area (Å²) < 4.78 is 5.37. The molecule has 0 saturated heterocycles. The molecule has 1 N–H and O–H groups in total. The fourth-order valence-corrected chi connectivity index (χ4v) is 1.14. The fourth-order valence-electron chi connectivity index (χ4n) is 1.14. The molecule has 0 fully saturated rings. The molecule has 0 aliphatic carbocycles. The molecule has 14 heavy (non-hydrogen) atoms. The van der Waals surface area contributed by atoms with Gasteiger partial charge < -0.3 is 10.1 Å². The zero-order valence-electron chi connectivity index (χ0n) is 9.68. The van der Waals surface area contributed by atoms with Gasteiger partial charge in [0.25, 0.3) is 0 Å². The first-order chi connectivity index (χ1) is 6.47. The van der Waals surface area contributed by atoms with Crippen LogP contribution >= 0.6 is 0 Å². The van der Waals surface area contributed by atoms with Crippen LogP contribution in [-0.4, -0.2) is 7.05 Å². The van der Waals surface area contributed by atoms with Gasteiger partial charge in [0.15, 0.2) is 0 Å². The lowest BCUT2D eigenvalue weighted by atomic mass is 10.0. The van der Waals surface area contributed by atoms with E-state index < -0.39 is 0 Å². The molecule has 0 unspecified atom stereocenters. The maximum atomic E-state index is 5.37. The van der Waals surface area contributed by atoms with E-state index in [0.29, 0.717) is 17.4 Å². The number of ether oxygens (including phenoxy) is 1. The quantitative estimate of drug-likeness (QED) is 0.519. The molecule has 0 radical (unpaired) electrons. The summed E-state index contributed by atoms with van der Waals surface area (Å²) in [5, 5.41) is 2.99. The lowest BCUT2D eigenvalue weighted by Crippen LogP contribution is -2.03. The molecule has 2 nitrogen and oxygen atoms in total. The van der Waals surface area contributed by atoms with Crippen molar-refractivity contribution in [2.45, 2.75) is 27.2 Å². The Morgan fingerprint density at radius 2 is 2.00 bits per heavy atom. The summed E-state index contributed by atoms with van der Waals surface area (Å²) in [4.78, 5) is 0. The standard InChI is InChI=1S/C12H21NO/c1-9(2)7-12(8-13-6)11(5)14-10(3)4/h8-9,13H,3,5,7H2,1-2,4,6H3/b12-8-. The van der Waals surface area contributed by atoms with Crippen molar-refractivity contribution in [3.8, 4) is 0 Å². The van der Waals surface area contributed by atoms with Crippen molar-refractivity contribution in [2.75, 3.05) is 7.05 Å². The van der Waals surface area contributed by atoms with E-state index in [1.165, 1.54) is 0 Å². The number of hydrogen-bond acceptors (Lipinski definition) is 2. The van der Waals surface area contributed by atoms with Gasteiger partial charge in [0.2, 0.25) is 0 Å². The van der Waals surface area contributed by atoms with Gasteiger partial charge in [0.1, 0.15) is 5.76 Å². The van der Waals surface area contributed by atoms with Crippen molar-refractivity contribution in [1.82, 2.24) is 5.32 Å². The second kappa shape index (κ2) is 6.30. The third kappa shape index (κ3) is 5.46. The monoisotopic (exact) mass is 195 g/mol. The molecule has 0 spiro atoms. The highest BCUT2D eigenvalue weighted by molar-refractivity contribution is 5.24. The van der Waals surface area contributed by atoms with Crippen LogP contribution < -0.4 is 5.32 Å². The first-order valence-electron chi connectivity index (χ1n) is 4.86. The maximum Gasteiger partial charge on any atom is 0.124 e. The summed E-state index contributed by atoms with van der Waals surface area (Å²) in [6.45, 7) is 13.7. The minimum atomic E-state index is 0.583. The average Bonchev–Trinajstić information content (AvgIpc) is 2.01. The Kier molecular flexibility index (Phi) is 5.77. The van der Waals surface area contributed by atoms with E-state index in [9.17, 15) is 0 Å². The molecule has 0 aromatic carbocycles. The number of hydrogen-bond donors (Lipinski definition) is 1. The number of rotatable bonds is 6. The Bertz CT molecular complexity index is 239. The van der Waals surface area contributed by atoms with Gasteiger partial charge in [-0.15, -0.1) is 0 Å². The van der Waals surface area contributed by atoms with E-state index >= 15 is 0 Å². The van der Waals surface area contributed by atoms with Gasteiger partial charge in [-0.05, 0) is 19.3 Å². The number of allylic oxidation sites excluding steroid dienone is 2. The first-order valence-corrected chi connectivity index (χ1v) is 4.86. The molecule has 0 saturated carbocycles. The second-order valence-corrected chi connectivity index (χ2v) is 3.78. The summed E-state index contributed by atoms with van der Waals surface area (Å²) in [6, 6.07) is 0. The lowest BCUT2D eigenvalue weighted by Gasteiger charge is -2.14. The normalized spacial score (nSPS) is 11.4. The highest BCUT2D eigenvalue weighted by Crippen LogP contribution is 2.19. The van der Waals surface area contributed by atoms with Gasteiger partial charge >= 0.3 is 0 Å². The van der Waals surface area contributed by atoms with Crippen LogP contribution in [-0.2, 0) is 4.74 Å². The molecule has 0 amide bonds. The summed E-state index contributed by atoms with van der Waals surface area (Å²) in [7, 11) is 1.87. The fraction of sp³-hybridized carbons (Fsp3) is 0.500. The van der Waals surface area contributed by atoms with Crippen LogP contribution in [0.2, 0.25) is 0 Å². The smallest absolute Gasteiger partial charge is 0.124 e. The maximum absolute atomic E-state index is 5.37. The first kappa shape index (κ1) is 12.8. The van der Waals surface area contributed by atoms with Crippen molar-refractivity contribution in [2.24, 2.45) is 5.92 Å². The molecule has 0 aromatic heterocycles. The average molecular weight is 195 g/mol. The molecule has 0 bridgehead atoms. The highest BCUT2D eigenvalue weighted by atomic mass is 16.5. The van der Waals surface area contributed by atoms with Crippen LogP contribution in [0.1, 0.15) is 27.2 Å². The Labute approximate surface area is 87.3 Å². The zero-order chi connectivity index (χ0) is 11.1. The van der Waals surface area contributed by atoms with Gasteiger partial charge in [-0.25, -0.2) is 0 Å². The molecule has 2 heteroatoms. The minimum absolute atomic E-state index is 0.583. The van der Waals surface area contributed by atoms with Gasteiger partial charge in [-0.1, -0.05) is 27.0 Å². The van der Waals surface area contributed by atoms with Crippen LogP contribution in [0, 0.1) is 5.92 Å². The predicted molar refractivity (Wildman–Crippen MR) is 61.6 cm³/mol. The van der Waals surface area contributed by atoms with E-state index in [0.717, 1.165) is 12.0 Å². The Hall–Kier alpha value is -1.18. The molecule has 0 heterocycles. The Morgan fingerprint density at radius 1 is 1.43 bits per heavy atom. The molecule has 0 rings (SSSR count). The molecule has 0 aliphatic rings.